The van der Waals surface area contributed by atoms with Crippen LogP contribution in [0.3, 0.4) is 0 Å². The maximum atomic E-state index is 5.80. The Bertz CT molecular complexity index is 346. The summed E-state index contributed by atoms with van der Waals surface area (Å²) < 4.78 is 0. The molecule has 1 aliphatic rings. The molecule has 1 aliphatic carbocycles. The number of nitrogen functional groups attached to an aromatic ring is 1. The minimum Gasteiger partial charge on any atom is -0.402 e. The van der Waals surface area contributed by atoms with Crippen LogP contribution in [0, 0.1) is 0 Å². The first-order valence-corrected chi connectivity index (χ1v) is 4.59. The van der Waals surface area contributed by atoms with Crippen LogP contribution in [0.2, 0.25) is 0 Å². The fourth-order valence-electron chi connectivity index (χ4n) is 1.49. The highest BCUT2D eigenvalue weighted by Crippen LogP contribution is 2.40. The van der Waals surface area contributed by atoms with E-state index in [0.29, 0.717) is 5.92 Å². The molecule has 0 saturated heterocycles. The maximum Gasteiger partial charge on any atom is 0.108 e. The Balaban J connectivity index is 0.000000980. The lowest BCUT2D eigenvalue weighted by Gasteiger charge is -1.91. The van der Waals surface area contributed by atoms with Gasteiger partial charge in [-0.05, 0) is 37.8 Å². The Hall–Kier alpha value is -1.38. The number of aromatic amines is 1. The summed E-state index contributed by atoms with van der Waals surface area (Å²) in [6, 6.07) is 2.10. The van der Waals surface area contributed by atoms with Gasteiger partial charge in [-0.3, -0.25) is 0 Å². The lowest BCUT2D eigenvalue weighted by Crippen LogP contribution is -1.91. The van der Waals surface area contributed by atoms with E-state index in [4.69, 9.17) is 11.5 Å². The van der Waals surface area contributed by atoms with Gasteiger partial charge in [0.1, 0.15) is 5.82 Å². The van der Waals surface area contributed by atoms with Crippen molar-refractivity contribution in [2.24, 2.45) is 5.73 Å². The molecule has 0 aliphatic heterocycles. The van der Waals surface area contributed by atoms with Crippen molar-refractivity contribution in [2.75, 3.05) is 5.73 Å². The van der Waals surface area contributed by atoms with Crippen molar-refractivity contribution >= 4 is 11.9 Å². The summed E-state index contributed by atoms with van der Waals surface area (Å²) >= 11 is 0. The zero-order valence-corrected chi connectivity index (χ0v) is 7.80. The van der Waals surface area contributed by atoms with E-state index in [1.165, 1.54) is 18.5 Å². The van der Waals surface area contributed by atoms with E-state index in [1.807, 2.05) is 13.0 Å². The van der Waals surface area contributed by atoms with Crippen molar-refractivity contribution in [3.63, 3.8) is 0 Å². The van der Waals surface area contributed by atoms with Crippen molar-refractivity contribution in [2.45, 2.75) is 25.7 Å². The first-order chi connectivity index (χ1) is 6.16. The molecule has 2 rings (SSSR count). The average Bonchev–Trinajstić information content (AvgIpc) is 2.79. The molecule has 3 heteroatoms. The summed E-state index contributed by atoms with van der Waals surface area (Å²) in [6.07, 6.45) is 4.47. The highest BCUT2D eigenvalue weighted by Gasteiger charge is 2.25. The second-order valence-corrected chi connectivity index (χ2v) is 3.76. The van der Waals surface area contributed by atoms with Gasteiger partial charge in [0, 0.05) is 18.4 Å². The summed E-state index contributed by atoms with van der Waals surface area (Å²) in [5.74, 6) is 1.44. The molecule has 0 atom stereocenters. The molecule has 13 heavy (non-hydrogen) atoms. The molecular formula is C10H17N3. The van der Waals surface area contributed by atoms with Crippen LogP contribution in [-0.2, 0) is 0 Å². The molecule has 1 aromatic rings. The lowest BCUT2D eigenvalue weighted by atomic mass is 10.2. The topological polar surface area (TPSA) is 67.8 Å². The normalized spacial score (nSPS) is 17.8. The zero-order chi connectivity index (χ0) is 9.42. The van der Waals surface area contributed by atoms with E-state index < -0.39 is 0 Å². The Morgan fingerprint density at radius 1 is 1.69 bits per heavy atom. The van der Waals surface area contributed by atoms with Crippen molar-refractivity contribution in [1.29, 1.82) is 0 Å². The van der Waals surface area contributed by atoms with Gasteiger partial charge >= 0.3 is 0 Å². The van der Waals surface area contributed by atoms with Gasteiger partial charge < -0.3 is 16.5 Å². The molecular weight excluding hydrogens is 162 g/mol. The van der Waals surface area contributed by atoms with Crippen LogP contribution in [0.4, 0.5) is 5.82 Å². The van der Waals surface area contributed by atoms with Gasteiger partial charge in [-0.2, -0.15) is 0 Å². The third kappa shape index (κ3) is 1.69. The van der Waals surface area contributed by atoms with Gasteiger partial charge in [-0.1, -0.05) is 0 Å². The third-order valence-corrected chi connectivity index (χ3v) is 2.30. The van der Waals surface area contributed by atoms with Gasteiger partial charge in [0.25, 0.3) is 0 Å². The Morgan fingerprint density at radius 2 is 2.38 bits per heavy atom. The lowest BCUT2D eigenvalue weighted by molar-refractivity contribution is 1.05. The maximum absolute atomic E-state index is 5.80. The van der Waals surface area contributed by atoms with E-state index in [2.05, 4.69) is 11.1 Å². The monoisotopic (exact) mass is 179 g/mol. The number of nitrogens with one attached hydrogen (secondary N) is 1. The second kappa shape index (κ2) is 2.83. The van der Waals surface area contributed by atoms with Crippen LogP contribution in [0.15, 0.2) is 11.8 Å². The van der Waals surface area contributed by atoms with Crippen LogP contribution in [0.25, 0.3) is 6.08 Å². The number of rotatable bonds is 2. The largest absolute Gasteiger partial charge is 0.402 e. The van der Waals surface area contributed by atoms with Crippen LogP contribution in [-0.4, -0.2) is 4.98 Å². The summed E-state index contributed by atoms with van der Waals surface area (Å²) in [7, 11) is 0. The van der Waals surface area contributed by atoms with Crippen LogP contribution in [0.5, 0.6) is 0 Å². The predicted octanol–water partition coefficient (Wildman–Crippen LogP) is 2.04. The molecule has 1 fully saturated rings. The number of H-pyrrole nitrogens is 1. The highest BCUT2D eigenvalue weighted by molar-refractivity contribution is 5.64. The predicted molar refractivity (Wildman–Crippen MR) is 57.1 cm³/mol. The van der Waals surface area contributed by atoms with Crippen LogP contribution >= 0.6 is 0 Å². The quantitative estimate of drug-likeness (QED) is 0.650. The second-order valence-electron chi connectivity index (χ2n) is 3.76. The molecule has 0 unspecified atom stereocenters. The van der Waals surface area contributed by atoms with Gasteiger partial charge in [-0.25, -0.2) is 0 Å². The number of hydrogen-bond donors (Lipinski definition) is 3. The Morgan fingerprint density at radius 3 is 2.92 bits per heavy atom. The minimum atomic E-state index is 0. The summed E-state index contributed by atoms with van der Waals surface area (Å²) in [6.45, 7) is 1.86. The molecule has 3 nitrogen and oxygen atoms in total. The molecule has 0 aromatic carbocycles. The number of anilines is 1. The number of nitrogens with two attached hydrogens (primary N) is 2. The molecule has 1 heterocycles. The molecule has 1 saturated carbocycles. The molecule has 1 aromatic heterocycles. The van der Waals surface area contributed by atoms with Gasteiger partial charge in [0.05, 0.1) is 0 Å². The first kappa shape index (κ1) is 8.23. The zero-order valence-electron chi connectivity index (χ0n) is 7.80. The molecule has 0 bridgehead atoms. The highest BCUT2D eigenvalue weighted by atomic mass is 14.9. The fourth-order valence-corrected chi connectivity index (χ4v) is 1.49. The van der Waals surface area contributed by atoms with Gasteiger partial charge in [-0.15, -0.1) is 0 Å². The van der Waals surface area contributed by atoms with E-state index in [-0.39, 0.29) is 1.43 Å². The number of allylic oxidation sites excluding steroid dienone is 1. The summed E-state index contributed by atoms with van der Waals surface area (Å²) in [5.41, 5.74) is 14.4. The van der Waals surface area contributed by atoms with Crippen molar-refractivity contribution < 1.29 is 1.43 Å². The van der Waals surface area contributed by atoms with E-state index in [0.717, 1.165) is 17.1 Å². The molecule has 0 spiro atoms. The van der Waals surface area contributed by atoms with Crippen molar-refractivity contribution in [3.05, 3.63) is 23.0 Å². The van der Waals surface area contributed by atoms with Crippen molar-refractivity contribution in [1.82, 2.24) is 4.98 Å². The molecule has 0 amide bonds. The van der Waals surface area contributed by atoms with E-state index in [9.17, 15) is 0 Å². The SMILES string of the molecule is C/C(N)=C/c1cc(C2CC2)[nH]c1N.[HH]. The van der Waals surface area contributed by atoms with Gasteiger partial charge in [0.15, 0.2) is 0 Å². The molecule has 5 N–H and O–H groups in total. The Kier molecular flexibility index (Phi) is 1.79. The van der Waals surface area contributed by atoms with Gasteiger partial charge in [0.2, 0.25) is 0 Å². The number of hydrogen-bond acceptors (Lipinski definition) is 2. The first-order valence-electron chi connectivity index (χ1n) is 4.59. The fraction of sp³-hybridized carbons (Fsp3) is 0.400. The smallest absolute Gasteiger partial charge is 0.108 e. The van der Waals surface area contributed by atoms with Crippen molar-refractivity contribution in [3.8, 4) is 0 Å². The third-order valence-electron chi connectivity index (χ3n) is 2.30. The van der Waals surface area contributed by atoms with E-state index >= 15 is 0 Å². The minimum absolute atomic E-state index is 0. The average molecular weight is 179 g/mol. The van der Waals surface area contributed by atoms with Crippen LogP contribution in [0.1, 0.15) is 38.4 Å². The van der Waals surface area contributed by atoms with Crippen LogP contribution < -0.4 is 11.5 Å². The standard InChI is InChI=1S/C10H15N3.H2/c1-6(11)4-8-5-9(7-2-3-7)13-10(8)12;/h4-5,7,13H,2-3,11-12H2,1H3;1H/b6-4-;. The molecule has 72 valence electrons. The Labute approximate surface area is 79.3 Å². The number of aromatic nitrogens is 1. The summed E-state index contributed by atoms with van der Waals surface area (Å²) in [5, 5.41) is 0. The molecule has 0 radical (unpaired) electrons. The summed E-state index contributed by atoms with van der Waals surface area (Å²) in [4.78, 5) is 3.19. The van der Waals surface area contributed by atoms with E-state index in [1.54, 1.807) is 0 Å².